The Bertz CT molecular complexity index is 719. The zero-order valence-corrected chi connectivity index (χ0v) is 10.8. The van der Waals surface area contributed by atoms with Gasteiger partial charge in [-0.25, -0.2) is 4.98 Å². The second-order valence-corrected chi connectivity index (χ2v) is 4.78. The smallest absolute Gasteiger partial charge is 0.0724 e. The molecule has 0 unspecified atom stereocenters. The molecule has 1 aromatic heterocycles. The van der Waals surface area contributed by atoms with Gasteiger partial charge in [0.15, 0.2) is 0 Å². The van der Waals surface area contributed by atoms with Gasteiger partial charge in [-0.05, 0) is 25.1 Å². The fourth-order valence-corrected chi connectivity index (χ4v) is 2.35. The Morgan fingerprint density at radius 3 is 2.61 bits per heavy atom. The number of aryl methyl sites for hydroxylation is 1. The molecule has 0 aliphatic rings. The third-order valence-electron chi connectivity index (χ3n) is 2.98. The molecule has 0 aliphatic heterocycles. The molecule has 0 N–H and O–H groups in total. The van der Waals surface area contributed by atoms with Crippen LogP contribution in [0, 0.1) is 6.92 Å². The van der Waals surface area contributed by atoms with Crippen LogP contribution >= 0.6 is 11.6 Å². The normalized spacial score (nSPS) is 10.8. The predicted octanol–water partition coefficient (Wildman–Crippen LogP) is 4.86. The van der Waals surface area contributed by atoms with Gasteiger partial charge in [0, 0.05) is 10.9 Å². The van der Waals surface area contributed by atoms with Crippen molar-refractivity contribution >= 4 is 22.5 Å². The number of halogens is 1. The lowest BCUT2D eigenvalue weighted by atomic mass is 10.1. The first-order valence-electron chi connectivity index (χ1n) is 5.86. The van der Waals surface area contributed by atoms with Gasteiger partial charge in [0.1, 0.15) is 0 Å². The van der Waals surface area contributed by atoms with E-state index in [0.717, 1.165) is 27.2 Å². The summed E-state index contributed by atoms with van der Waals surface area (Å²) < 4.78 is 0. The average molecular weight is 254 g/mol. The fraction of sp³-hybridized carbons (Fsp3) is 0.0625. The molecule has 3 rings (SSSR count). The summed E-state index contributed by atoms with van der Waals surface area (Å²) in [5, 5.41) is 1.74. The molecule has 0 saturated heterocycles. The SMILES string of the molecule is Cc1cccc(-c2cc(Cl)c3ccccc3n2)c1. The number of aromatic nitrogens is 1. The highest BCUT2D eigenvalue weighted by molar-refractivity contribution is 6.35. The molecule has 1 nitrogen and oxygen atoms in total. The minimum atomic E-state index is 0.747. The van der Waals surface area contributed by atoms with Crippen LogP contribution < -0.4 is 0 Å². The van der Waals surface area contributed by atoms with Gasteiger partial charge in [0.05, 0.1) is 16.2 Å². The summed E-state index contributed by atoms with van der Waals surface area (Å²) in [7, 11) is 0. The van der Waals surface area contributed by atoms with E-state index in [0.29, 0.717) is 0 Å². The van der Waals surface area contributed by atoms with E-state index in [-0.39, 0.29) is 0 Å². The van der Waals surface area contributed by atoms with Gasteiger partial charge in [-0.2, -0.15) is 0 Å². The largest absolute Gasteiger partial charge is 0.248 e. The van der Waals surface area contributed by atoms with Gasteiger partial charge in [0.2, 0.25) is 0 Å². The second kappa shape index (κ2) is 4.43. The van der Waals surface area contributed by atoms with Gasteiger partial charge in [-0.3, -0.25) is 0 Å². The summed E-state index contributed by atoms with van der Waals surface area (Å²) >= 11 is 6.31. The Morgan fingerprint density at radius 2 is 1.78 bits per heavy atom. The first kappa shape index (κ1) is 11.2. The van der Waals surface area contributed by atoms with Crippen LogP contribution in [-0.4, -0.2) is 4.98 Å². The second-order valence-electron chi connectivity index (χ2n) is 4.38. The van der Waals surface area contributed by atoms with Crippen molar-refractivity contribution in [1.82, 2.24) is 4.98 Å². The van der Waals surface area contributed by atoms with E-state index in [4.69, 9.17) is 11.6 Å². The van der Waals surface area contributed by atoms with Gasteiger partial charge >= 0.3 is 0 Å². The van der Waals surface area contributed by atoms with Crippen LogP contribution in [0.15, 0.2) is 54.6 Å². The summed E-state index contributed by atoms with van der Waals surface area (Å²) in [6, 6.07) is 18.1. The lowest BCUT2D eigenvalue weighted by molar-refractivity contribution is 1.38. The number of para-hydroxylation sites is 1. The van der Waals surface area contributed by atoms with Crippen LogP contribution in [0.5, 0.6) is 0 Å². The van der Waals surface area contributed by atoms with Crippen LogP contribution in [0.2, 0.25) is 5.02 Å². The van der Waals surface area contributed by atoms with Crippen molar-refractivity contribution in [3.8, 4) is 11.3 Å². The molecule has 2 aromatic carbocycles. The molecule has 0 spiro atoms. The average Bonchev–Trinajstić information content (AvgIpc) is 2.39. The molecule has 18 heavy (non-hydrogen) atoms. The molecule has 0 fully saturated rings. The number of hydrogen-bond acceptors (Lipinski definition) is 1. The Morgan fingerprint density at radius 1 is 0.944 bits per heavy atom. The van der Waals surface area contributed by atoms with Crippen molar-refractivity contribution in [2.75, 3.05) is 0 Å². The van der Waals surface area contributed by atoms with Gasteiger partial charge < -0.3 is 0 Å². The number of fused-ring (bicyclic) bond motifs is 1. The van der Waals surface area contributed by atoms with Crippen LogP contribution in [0.25, 0.3) is 22.2 Å². The van der Waals surface area contributed by atoms with Crippen molar-refractivity contribution in [3.05, 3.63) is 65.2 Å². The number of rotatable bonds is 1. The van der Waals surface area contributed by atoms with Crippen molar-refractivity contribution in [3.63, 3.8) is 0 Å². The maximum absolute atomic E-state index is 6.31. The Hall–Kier alpha value is -1.86. The van der Waals surface area contributed by atoms with Crippen LogP contribution in [0.3, 0.4) is 0 Å². The van der Waals surface area contributed by atoms with E-state index in [1.54, 1.807) is 0 Å². The molecule has 0 bridgehead atoms. The van der Waals surface area contributed by atoms with E-state index in [1.807, 2.05) is 36.4 Å². The molecule has 0 radical (unpaired) electrons. The Balaban J connectivity index is 2.24. The number of nitrogens with zero attached hydrogens (tertiary/aromatic N) is 1. The van der Waals surface area contributed by atoms with Crippen LogP contribution in [0.4, 0.5) is 0 Å². The molecular weight excluding hydrogens is 242 g/mol. The van der Waals surface area contributed by atoms with Gasteiger partial charge in [-0.1, -0.05) is 53.6 Å². The molecule has 0 atom stereocenters. The van der Waals surface area contributed by atoms with Crippen molar-refractivity contribution < 1.29 is 0 Å². The number of hydrogen-bond donors (Lipinski definition) is 0. The molecule has 0 amide bonds. The highest BCUT2D eigenvalue weighted by atomic mass is 35.5. The molecule has 1 heterocycles. The third-order valence-corrected chi connectivity index (χ3v) is 3.29. The quantitative estimate of drug-likeness (QED) is 0.603. The maximum Gasteiger partial charge on any atom is 0.0724 e. The molecule has 88 valence electrons. The summed E-state index contributed by atoms with van der Waals surface area (Å²) in [5.41, 5.74) is 4.17. The monoisotopic (exact) mass is 253 g/mol. The third kappa shape index (κ3) is 1.98. The summed E-state index contributed by atoms with van der Waals surface area (Å²) in [6.07, 6.45) is 0. The van der Waals surface area contributed by atoms with Crippen molar-refractivity contribution in [2.45, 2.75) is 6.92 Å². The zero-order valence-electron chi connectivity index (χ0n) is 10.0. The molecule has 3 aromatic rings. The van der Waals surface area contributed by atoms with Crippen LogP contribution in [0.1, 0.15) is 5.56 Å². The minimum absolute atomic E-state index is 0.747. The first-order valence-corrected chi connectivity index (χ1v) is 6.24. The van der Waals surface area contributed by atoms with Crippen molar-refractivity contribution in [2.24, 2.45) is 0 Å². The lowest BCUT2D eigenvalue weighted by Gasteiger charge is -2.06. The number of pyridine rings is 1. The molecule has 0 saturated carbocycles. The maximum atomic E-state index is 6.31. The fourth-order valence-electron chi connectivity index (χ4n) is 2.09. The Kier molecular flexibility index (Phi) is 2.77. The topological polar surface area (TPSA) is 12.9 Å². The lowest BCUT2D eigenvalue weighted by Crippen LogP contribution is -1.87. The van der Waals surface area contributed by atoms with Gasteiger partial charge in [0.25, 0.3) is 0 Å². The van der Waals surface area contributed by atoms with Crippen molar-refractivity contribution in [1.29, 1.82) is 0 Å². The molecular formula is C16H12ClN. The number of benzene rings is 2. The summed E-state index contributed by atoms with van der Waals surface area (Å²) in [5.74, 6) is 0. The van der Waals surface area contributed by atoms with E-state index >= 15 is 0 Å². The molecule has 2 heteroatoms. The molecule has 0 aliphatic carbocycles. The summed E-state index contributed by atoms with van der Waals surface area (Å²) in [4.78, 5) is 4.66. The first-order chi connectivity index (χ1) is 8.74. The Labute approximate surface area is 111 Å². The van der Waals surface area contributed by atoms with E-state index < -0.39 is 0 Å². The van der Waals surface area contributed by atoms with E-state index in [2.05, 4.69) is 30.1 Å². The standard InChI is InChI=1S/C16H12ClN/c1-11-5-4-6-12(9-11)16-10-14(17)13-7-2-3-8-15(13)18-16/h2-10H,1H3. The predicted molar refractivity (Wildman–Crippen MR) is 76.9 cm³/mol. The van der Waals surface area contributed by atoms with Crippen LogP contribution in [-0.2, 0) is 0 Å². The minimum Gasteiger partial charge on any atom is -0.248 e. The highest BCUT2D eigenvalue weighted by Gasteiger charge is 2.05. The van der Waals surface area contributed by atoms with Gasteiger partial charge in [-0.15, -0.1) is 0 Å². The highest BCUT2D eigenvalue weighted by Crippen LogP contribution is 2.28. The summed E-state index contributed by atoms with van der Waals surface area (Å²) in [6.45, 7) is 2.08. The van der Waals surface area contributed by atoms with E-state index in [9.17, 15) is 0 Å². The van der Waals surface area contributed by atoms with E-state index in [1.165, 1.54) is 5.56 Å². The zero-order chi connectivity index (χ0) is 12.5.